The highest BCUT2D eigenvalue weighted by atomic mass is 35.5. The molecule has 0 aromatic heterocycles. The second-order valence-electron chi connectivity index (χ2n) is 6.21. The lowest BCUT2D eigenvalue weighted by molar-refractivity contribution is -0.137. The Hall–Kier alpha value is -2.21. The number of halogens is 4. The van der Waals surface area contributed by atoms with E-state index in [4.69, 9.17) is 16.3 Å². The molecule has 1 N–H and O–H groups in total. The number of anilines is 1. The molecule has 1 aliphatic heterocycles. The topological polar surface area (TPSA) is 38.3 Å². The number of fused-ring (bicyclic) bond motifs is 1. The number of carbonyl (C=O) groups excluding carboxylic acids is 1. The third kappa shape index (κ3) is 2.82. The average Bonchev–Trinajstić information content (AvgIpc) is 2.86. The lowest BCUT2D eigenvalue weighted by Gasteiger charge is -2.29. The molecule has 0 saturated carbocycles. The van der Waals surface area contributed by atoms with Crippen molar-refractivity contribution >= 4 is 23.2 Å². The zero-order valence-corrected chi connectivity index (χ0v) is 15.0. The predicted molar refractivity (Wildman–Crippen MR) is 93.8 cm³/mol. The molecule has 26 heavy (non-hydrogen) atoms. The van der Waals surface area contributed by atoms with Crippen molar-refractivity contribution in [1.82, 2.24) is 0 Å². The fourth-order valence-corrected chi connectivity index (χ4v) is 3.76. The van der Waals surface area contributed by atoms with Crippen LogP contribution in [0, 0.1) is 0 Å². The molecular weight excluding hydrogens is 367 g/mol. The van der Waals surface area contributed by atoms with Gasteiger partial charge in [0.1, 0.15) is 11.2 Å². The monoisotopic (exact) mass is 383 g/mol. The molecule has 0 spiro atoms. The summed E-state index contributed by atoms with van der Waals surface area (Å²) in [6.45, 7) is 1.91. The van der Waals surface area contributed by atoms with Crippen molar-refractivity contribution in [2.45, 2.75) is 31.4 Å². The molecule has 7 heteroatoms. The van der Waals surface area contributed by atoms with Gasteiger partial charge in [0.15, 0.2) is 0 Å². The number of hydrogen-bond acceptors (Lipinski definition) is 2. The van der Waals surface area contributed by atoms with Crippen LogP contribution >= 0.6 is 11.6 Å². The van der Waals surface area contributed by atoms with Gasteiger partial charge in [0.05, 0.1) is 12.7 Å². The van der Waals surface area contributed by atoms with E-state index in [9.17, 15) is 18.0 Å². The maximum absolute atomic E-state index is 13.0. The van der Waals surface area contributed by atoms with E-state index >= 15 is 0 Å². The summed E-state index contributed by atoms with van der Waals surface area (Å²) in [5, 5.41) is 3.04. The Morgan fingerprint density at radius 2 is 1.88 bits per heavy atom. The predicted octanol–water partition coefficient (Wildman–Crippen LogP) is 5.41. The molecule has 0 radical (unpaired) electrons. The smallest absolute Gasteiger partial charge is 0.416 e. The number of rotatable bonds is 4. The first-order valence-corrected chi connectivity index (χ1v) is 8.49. The molecule has 138 valence electrons. The van der Waals surface area contributed by atoms with Crippen molar-refractivity contribution in [3.63, 3.8) is 0 Å². The lowest BCUT2D eigenvalue weighted by Crippen LogP contribution is -2.36. The normalized spacial score (nSPS) is 19.2. The Balaban J connectivity index is 2.27. The number of hydrogen-bond donors (Lipinski definition) is 1. The van der Waals surface area contributed by atoms with Crippen molar-refractivity contribution < 1.29 is 22.7 Å². The van der Waals surface area contributed by atoms with Gasteiger partial charge in [0.2, 0.25) is 5.91 Å². The summed E-state index contributed by atoms with van der Waals surface area (Å²) in [4.78, 5) is 13.0. The number of methoxy groups -OCH3 is 1. The van der Waals surface area contributed by atoms with E-state index in [1.807, 2.05) is 6.92 Å². The van der Waals surface area contributed by atoms with Crippen LogP contribution in [-0.2, 0) is 16.4 Å². The summed E-state index contributed by atoms with van der Waals surface area (Å²) >= 11 is 6.14. The Kier molecular flexibility index (Phi) is 4.65. The molecule has 3 nitrogen and oxygen atoms in total. The Labute approximate surface area is 154 Å². The number of amides is 1. The van der Waals surface area contributed by atoms with Gasteiger partial charge in [-0.15, -0.1) is 0 Å². The maximum Gasteiger partial charge on any atom is 0.416 e. The van der Waals surface area contributed by atoms with Gasteiger partial charge in [-0.1, -0.05) is 31.0 Å². The summed E-state index contributed by atoms with van der Waals surface area (Å²) in [7, 11) is 1.48. The molecule has 1 heterocycles. The third-order valence-electron chi connectivity index (χ3n) is 4.69. The van der Waals surface area contributed by atoms with Gasteiger partial charge < -0.3 is 10.1 Å². The first-order chi connectivity index (χ1) is 12.2. The third-order valence-corrected chi connectivity index (χ3v) is 4.92. The van der Waals surface area contributed by atoms with Gasteiger partial charge >= 0.3 is 6.18 Å². The van der Waals surface area contributed by atoms with E-state index in [1.54, 1.807) is 18.2 Å². The minimum Gasteiger partial charge on any atom is -0.496 e. The zero-order valence-electron chi connectivity index (χ0n) is 14.2. The highest BCUT2D eigenvalue weighted by Crippen LogP contribution is 2.50. The Morgan fingerprint density at radius 3 is 2.50 bits per heavy atom. The van der Waals surface area contributed by atoms with Crippen molar-refractivity contribution in [2.24, 2.45) is 0 Å². The number of ether oxygens (including phenoxy) is 1. The van der Waals surface area contributed by atoms with Crippen LogP contribution in [0.5, 0.6) is 5.75 Å². The first-order valence-electron chi connectivity index (χ1n) is 8.11. The minimum absolute atomic E-state index is 0.167. The van der Waals surface area contributed by atoms with Crippen LogP contribution in [0.2, 0.25) is 5.02 Å². The fraction of sp³-hybridized carbons (Fsp3) is 0.316. The quantitative estimate of drug-likeness (QED) is 0.767. The molecule has 1 amide bonds. The van der Waals surface area contributed by atoms with Gasteiger partial charge in [-0.3, -0.25) is 4.79 Å². The van der Waals surface area contributed by atoms with Gasteiger partial charge in [0.25, 0.3) is 0 Å². The summed E-state index contributed by atoms with van der Waals surface area (Å²) in [5.74, 6) is 0.0833. The molecule has 1 atom stereocenters. The van der Waals surface area contributed by atoms with E-state index in [0.29, 0.717) is 34.7 Å². The Morgan fingerprint density at radius 1 is 1.15 bits per heavy atom. The molecule has 0 unspecified atom stereocenters. The zero-order chi connectivity index (χ0) is 19.1. The molecule has 3 rings (SSSR count). The van der Waals surface area contributed by atoms with E-state index in [0.717, 1.165) is 12.1 Å². The first kappa shape index (κ1) is 18.6. The van der Waals surface area contributed by atoms with Crippen molar-refractivity contribution in [1.29, 1.82) is 0 Å². The number of benzene rings is 2. The van der Waals surface area contributed by atoms with Crippen LogP contribution in [0.1, 0.15) is 36.5 Å². The van der Waals surface area contributed by atoms with E-state index in [1.165, 1.54) is 13.2 Å². The fourth-order valence-electron chi connectivity index (χ4n) is 3.59. The molecule has 0 saturated heterocycles. The van der Waals surface area contributed by atoms with Crippen LogP contribution in [0.15, 0.2) is 36.4 Å². The highest BCUT2D eigenvalue weighted by molar-refractivity contribution is 6.30. The second kappa shape index (κ2) is 6.50. The van der Waals surface area contributed by atoms with Crippen molar-refractivity contribution in [3.05, 3.63) is 58.1 Å². The van der Waals surface area contributed by atoms with Crippen LogP contribution < -0.4 is 10.1 Å². The number of nitrogens with one attached hydrogen (secondary N) is 1. The summed E-state index contributed by atoms with van der Waals surface area (Å²) in [5.41, 5.74) is -0.741. The van der Waals surface area contributed by atoms with E-state index in [2.05, 4.69) is 5.32 Å². The SMILES string of the molecule is CCC[C@]1(c2cc(Cl)ccc2OC)C(=O)Nc2cc(C(F)(F)F)ccc21. The summed E-state index contributed by atoms with van der Waals surface area (Å²) < 4.78 is 44.5. The molecule has 0 fully saturated rings. The van der Waals surface area contributed by atoms with Crippen LogP contribution in [0.4, 0.5) is 18.9 Å². The number of carbonyl (C=O) groups is 1. The minimum atomic E-state index is -4.48. The Bertz CT molecular complexity index is 866. The molecule has 2 aromatic carbocycles. The highest BCUT2D eigenvalue weighted by Gasteiger charge is 2.49. The number of alkyl halides is 3. The van der Waals surface area contributed by atoms with Gasteiger partial charge in [-0.25, -0.2) is 0 Å². The van der Waals surface area contributed by atoms with Crippen molar-refractivity contribution in [2.75, 3.05) is 12.4 Å². The van der Waals surface area contributed by atoms with Crippen molar-refractivity contribution in [3.8, 4) is 5.75 Å². The van der Waals surface area contributed by atoms with Crippen LogP contribution in [0.25, 0.3) is 0 Å². The summed E-state index contributed by atoms with van der Waals surface area (Å²) in [6.07, 6.45) is -3.43. The van der Waals surface area contributed by atoms with E-state index in [-0.39, 0.29) is 11.6 Å². The standard InChI is InChI=1S/C19H17ClF3NO2/c1-3-8-18(14-10-12(20)5-7-16(14)26-2)13-6-4-11(19(21,22)23)9-15(13)24-17(18)25/h4-7,9-10H,3,8H2,1-2H3,(H,24,25)/t18-/m0/s1. The van der Waals surface area contributed by atoms with Gasteiger partial charge in [-0.2, -0.15) is 13.2 Å². The molecular formula is C19H17ClF3NO2. The van der Waals surface area contributed by atoms with Gasteiger partial charge in [0, 0.05) is 16.3 Å². The lowest BCUT2D eigenvalue weighted by atomic mass is 9.71. The molecule has 0 aliphatic carbocycles. The molecule has 0 bridgehead atoms. The van der Waals surface area contributed by atoms with Crippen LogP contribution in [0.3, 0.4) is 0 Å². The summed E-state index contributed by atoms with van der Waals surface area (Å²) in [6, 6.07) is 8.28. The van der Waals surface area contributed by atoms with E-state index < -0.39 is 17.2 Å². The largest absolute Gasteiger partial charge is 0.496 e. The average molecular weight is 384 g/mol. The van der Waals surface area contributed by atoms with Gasteiger partial charge in [-0.05, 0) is 42.3 Å². The molecule has 2 aromatic rings. The molecule has 1 aliphatic rings. The second-order valence-corrected chi connectivity index (χ2v) is 6.65. The maximum atomic E-state index is 13.0. The van der Waals surface area contributed by atoms with Crippen LogP contribution in [-0.4, -0.2) is 13.0 Å².